The number of methoxy groups -OCH3 is 1. The molecule has 1 aliphatic carbocycles. The van der Waals surface area contributed by atoms with Gasteiger partial charge in [0.2, 0.25) is 0 Å². The Morgan fingerprint density at radius 2 is 2.00 bits per heavy atom. The fourth-order valence-electron chi connectivity index (χ4n) is 2.69. The van der Waals surface area contributed by atoms with Gasteiger partial charge in [-0.1, -0.05) is 36.2 Å². The first kappa shape index (κ1) is 14.2. The molecule has 2 aromatic rings. The second-order valence-electron chi connectivity index (χ2n) is 5.43. The first-order valence-electron chi connectivity index (χ1n) is 7.17. The standard InChI is InChI=1S/C18H17ClO2/c1-21-17-9-8-15(19)11-16(17)18(20)14-7-3-6-13(10-14)12-4-2-5-12/h3,6-12H,2,4-5H2,1H3. The lowest BCUT2D eigenvalue weighted by Crippen LogP contribution is -2.10. The van der Waals surface area contributed by atoms with Gasteiger partial charge in [0.1, 0.15) is 5.75 Å². The smallest absolute Gasteiger partial charge is 0.196 e. The summed E-state index contributed by atoms with van der Waals surface area (Å²) < 4.78 is 5.27. The first-order chi connectivity index (χ1) is 10.2. The summed E-state index contributed by atoms with van der Waals surface area (Å²) in [5, 5.41) is 0.536. The van der Waals surface area contributed by atoms with Crippen LogP contribution in [0.25, 0.3) is 0 Å². The molecule has 1 fully saturated rings. The minimum atomic E-state index is -0.0458. The third-order valence-corrected chi connectivity index (χ3v) is 4.37. The molecule has 108 valence electrons. The van der Waals surface area contributed by atoms with Crippen LogP contribution in [-0.2, 0) is 0 Å². The van der Waals surface area contributed by atoms with Crippen molar-refractivity contribution in [2.24, 2.45) is 0 Å². The molecule has 1 aliphatic rings. The number of ketones is 1. The third-order valence-electron chi connectivity index (χ3n) is 4.13. The van der Waals surface area contributed by atoms with Crippen LogP contribution in [0.4, 0.5) is 0 Å². The molecule has 0 aliphatic heterocycles. The topological polar surface area (TPSA) is 26.3 Å². The quantitative estimate of drug-likeness (QED) is 0.755. The molecule has 21 heavy (non-hydrogen) atoms. The van der Waals surface area contributed by atoms with Gasteiger partial charge in [-0.05, 0) is 48.6 Å². The Kier molecular flexibility index (Phi) is 3.98. The van der Waals surface area contributed by atoms with E-state index in [1.807, 2.05) is 18.2 Å². The van der Waals surface area contributed by atoms with E-state index in [0.29, 0.717) is 27.8 Å². The molecule has 0 amide bonds. The molecular formula is C18H17ClO2. The van der Waals surface area contributed by atoms with Gasteiger partial charge in [0.15, 0.2) is 5.78 Å². The normalized spacial score (nSPS) is 14.6. The van der Waals surface area contributed by atoms with Crippen molar-refractivity contribution in [2.45, 2.75) is 25.2 Å². The van der Waals surface area contributed by atoms with Gasteiger partial charge in [-0.15, -0.1) is 0 Å². The minimum Gasteiger partial charge on any atom is -0.496 e. The van der Waals surface area contributed by atoms with Crippen molar-refractivity contribution in [2.75, 3.05) is 7.11 Å². The molecule has 0 unspecified atom stereocenters. The van der Waals surface area contributed by atoms with Gasteiger partial charge < -0.3 is 4.74 Å². The van der Waals surface area contributed by atoms with Crippen molar-refractivity contribution in [3.8, 4) is 5.75 Å². The molecule has 0 N–H and O–H groups in total. The van der Waals surface area contributed by atoms with Gasteiger partial charge in [0.05, 0.1) is 12.7 Å². The van der Waals surface area contributed by atoms with E-state index >= 15 is 0 Å². The van der Waals surface area contributed by atoms with Crippen molar-refractivity contribution in [1.82, 2.24) is 0 Å². The lowest BCUT2D eigenvalue weighted by atomic mass is 9.79. The molecule has 0 heterocycles. The molecule has 1 saturated carbocycles. The lowest BCUT2D eigenvalue weighted by Gasteiger charge is -2.26. The van der Waals surface area contributed by atoms with Gasteiger partial charge in [0, 0.05) is 10.6 Å². The van der Waals surface area contributed by atoms with Gasteiger partial charge in [-0.25, -0.2) is 0 Å². The van der Waals surface area contributed by atoms with Crippen LogP contribution >= 0.6 is 11.6 Å². The Morgan fingerprint density at radius 3 is 2.67 bits per heavy atom. The largest absolute Gasteiger partial charge is 0.496 e. The highest BCUT2D eigenvalue weighted by molar-refractivity contribution is 6.31. The lowest BCUT2D eigenvalue weighted by molar-refractivity contribution is 0.103. The molecule has 0 atom stereocenters. The van der Waals surface area contributed by atoms with E-state index < -0.39 is 0 Å². The number of halogens is 1. The van der Waals surface area contributed by atoms with E-state index in [1.54, 1.807) is 25.3 Å². The van der Waals surface area contributed by atoms with Gasteiger partial charge in [-0.2, -0.15) is 0 Å². The average Bonchev–Trinajstić information content (AvgIpc) is 2.45. The zero-order valence-corrected chi connectivity index (χ0v) is 12.7. The van der Waals surface area contributed by atoms with Crippen molar-refractivity contribution in [3.63, 3.8) is 0 Å². The highest BCUT2D eigenvalue weighted by atomic mass is 35.5. The maximum absolute atomic E-state index is 12.7. The number of hydrogen-bond donors (Lipinski definition) is 0. The fraction of sp³-hybridized carbons (Fsp3) is 0.278. The summed E-state index contributed by atoms with van der Waals surface area (Å²) in [6, 6.07) is 13.0. The number of benzene rings is 2. The zero-order chi connectivity index (χ0) is 14.8. The molecule has 3 heteroatoms. The van der Waals surface area contributed by atoms with Crippen molar-refractivity contribution < 1.29 is 9.53 Å². The van der Waals surface area contributed by atoms with E-state index in [4.69, 9.17) is 16.3 Å². The SMILES string of the molecule is COc1ccc(Cl)cc1C(=O)c1cccc(C2CCC2)c1. The number of carbonyl (C=O) groups excluding carboxylic acids is 1. The van der Waals surface area contributed by atoms with Crippen LogP contribution in [0.2, 0.25) is 5.02 Å². The van der Waals surface area contributed by atoms with Gasteiger partial charge in [0.25, 0.3) is 0 Å². The van der Waals surface area contributed by atoms with Crippen LogP contribution < -0.4 is 4.74 Å². The van der Waals surface area contributed by atoms with Crippen molar-refractivity contribution in [1.29, 1.82) is 0 Å². The summed E-state index contributed by atoms with van der Waals surface area (Å²) >= 11 is 6.01. The molecule has 2 nitrogen and oxygen atoms in total. The molecule has 0 aromatic heterocycles. The zero-order valence-electron chi connectivity index (χ0n) is 11.9. The van der Waals surface area contributed by atoms with Crippen LogP contribution in [0.5, 0.6) is 5.75 Å². The van der Waals surface area contributed by atoms with Crippen molar-refractivity contribution >= 4 is 17.4 Å². The summed E-state index contributed by atoms with van der Waals surface area (Å²) in [6.45, 7) is 0. The maximum Gasteiger partial charge on any atom is 0.196 e. The second-order valence-corrected chi connectivity index (χ2v) is 5.86. The maximum atomic E-state index is 12.7. The summed E-state index contributed by atoms with van der Waals surface area (Å²) in [6.07, 6.45) is 3.72. The van der Waals surface area contributed by atoms with E-state index in [0.717, 1.165) is 0 Å². The van der Waals surface area contributed by atoms with Crippen LogP contribution in [-0.4, -0.2) is 12.9 Å². The fourth-order valence-corrected chi connectivity index (χ4v) is 2.86. The predicted octanol–water partition coefficient (Wildman–Crippen LogP) is 4.85. The molecule has 0 radical (unpaired) electrons. The van der Waals surface area contributed by atoms with E-state index in [-0.39, 0.29) is 5.78 Å². The number of hydrogen-bond acceptors (Lipinski definition) is 2. The second kappa shape index (κ2) is 5.90. The number of rotatable bonds is 4. The van der Waals surface area contributed by atoms with E-state index in [9.17, 15) is 4.79 Å². The van der Waals surface area contributed by atoms with E-state index in [1.165, 1.54) is 24.8 Å². The summed E-state index contributed by atoms with van der Waals surface area (Å²) in [7, 11) is 1.56. The van der Waals surface area contributed by atoms with Crippen LogP contribution in [0.3, 0.4) is 0 Å². The Morgan fingerprint density at radius 1 is 1.19 bits per heavy atom. The average molecular weight is 301 g/mol. The molecular weight excluding hydrogens is 284 g/mol. The highest BCUT2D eigenvalue weighted by Crippen LogP contribution is 2.37. The van der Waals surface area contributed by atoms with Crippen LogP contribution in [0.1, 0.15) is 46.7 Å². The molecule has 0 bridgehead atoms. The molecule has 0 spiro atoms. The van der Waals surface area contributed by atoms with E-state index in [2.05, 4.69) is 6.07 Å². The summed E-state index contributed by atoms with van der Waals surface area (Å²) in [5.41, 5.74) is 2.46. The van der Waals surface area contributed by atoms with Crippen LogP contribution in [0, 0.1) is 0 Å². The van der Waals surface area contributed by atoms with Crippen molar-refractivity contribution in [3.05, 3.63) is 64.2 Å². The Hall–Kier alpha value is -1.80. The third kappa shape index (κ3) is 2.81. The Balaban J connectivity index is 1.96. The summed E-state index contributed by atoms with van der Waals surface area (Å²) in [4.78, 5) is 12.7. The Bertz CT molecular complexity index is 675. The van der Waals surface area contributed by atoms with Crippen LogP contribution in [0.15, 0.2) is 42.5 Å². The molecule has 0 saturated heterocycles. The number of ether oxygens (including phenoxy) is 1. The highest BCUT2D eigenvalue weighted by Gasteiger charge is 2.21. The first-order valence-corrected chi connectivity index (χ1v) is 7.55. The van der Waals surface area contributed by atoms with Gasteiger partial charge in [-0.3, -0.25) is 4.79 Å². The van der Waals surface area contributed by atoms with Gasteiger partial charge >= 0.3 is 0 Å². The number of carbonyl (C=O) groups is 1. The molecule has 3 rings (SSSR count). The predicted molar refractivity (Wildman–Crippen MR) is 84.5 cm³/mol. The Labute approximate surface area is 129 Å². The monoisotopic (exact) mass is 300 g/mol. The molecule has 2 aromatic carbocycles. The minimum absolute atomic E-state index is 0.0458. The summed E-state index contributed by atoms with van der Waals surface area (Å²) in [5.74, 6) is 1.12.